The Morgan fingerprint density at radius 3 is 2.70 bits per heavy atom. The lowest BCUT2D eigenvalue weighted by atomic mass is 9.97. The number of anilines is 2. The molecule has 1 fully saturated rings. The van der Waals surface area contributed by atoms with Gasteiger partial charge in [-0.15, -0.1) is 0 Å². The minimum Gasteiger partial charge on any atom is -0.340 e. The first-order valence-electron chi connectivity index (χ1n) is 9.89. The molecule has 1 saturated heterocycles. The molecule has 0 bridgehead atoms. The van der Waals surface area contributed by atoms with Gasteiger partial charge in [0.15, 0.2) is 0 Å². The molecule has 3 aromatic rings. The van der Waals surface area contributed by atoms with Gasteiger partial charge in [-0.2, -0.15) is 0 Å². The van der Waals surface area contributed by atoms with E-state index < -0.39 is 0 Å². The van der Waals surface area contributed by atoms with Gasteiger partial charge >= 0.3 is 0 Å². The van der Waals surface area contributed by atoms with Crippen molar-refractivity contribution in [3.05, 3.63) is 70.7 Å². The minimum atomic E-state index is -0.289. The first kappa shape index (κ1) is 20.5. The standard InChI is InChI=1S/C23H22BrFN4O/c1-15-10-20(7-8-21(15)24)28-22(30)17-5-3-9-29(14-17)23-26-12-18(13-27-23)16-4-2-6-19(25)11-16/h2,4,6-8,10-13,17H,3,5,9,14H2,1H3,(H,28,30)/t17-/m0/s1. The van der Waals surface area contributed by atoms with E-state index in [4.69, 9.17) is 0 Å². The number of hydrogen-bond donors (Lipinski definition) is 1. The molecule has 0 aliphatic carbocycles. The number of aryl methyl sites for hydroxylation is 1. The van der Waals surface area contributed by atoms with E-state index in [0.717, 1.165) is 46.2 Å². The molecule has 1 aromatic heterocycles. The Balaban J connectivity index is 1.43. The number of rotatable bonds is 4. The quantitative estimate of drug-likeness (QED) is 0.570. The summed E-state index contributed by atoms with van der Waals surface area (Å²) in [5.41, 5.74) is 3.37. The van der Waals surface area contributed by atoms with Crippen molar-refractivity contribution in [2.75, 3.05) is 23.3 Å². The maximum Gasteiger partial charge on any atom is 0.229 e. The predicted molar refractivity (Wildman–Crippen MR) is 120 cm³/mol. The van der Waals surface area contributed by atoms with Crippen LogP contribution < -0.4 is 10.2 Å². The van der Waals surface area contributed by atoms with Crippen molar-refractivity contribution >= 4 is 33.5 Å². The number of nitrogens with zero attached hydrogens (tertiary/aromatic N) is 3. The first-order valence-corrected chi connectivity index (χ1v) is 10.7. The van der Waals surface area contributed by atoms with Crippen molar-refractivity contribution in [3.8, 4) is 11.1 Å². The third-order valence-corrected chi connectivity index (χ3v) is 6.19. The number of halogens is 2. The number of benzene rings is 2. The van der Waals surface area contributed by atoms with Crippen LogP contribution in [0, 0.1) is 18.7 Å². The van der Waals surface area contributed by atoms with E-state index in [1.54, 1.807) is 18.5 Å². The Bertz CT molecular complexity index is 1060. The monoisotopic (exact) mass is 468 g/mol. The summed E-state index contributed by atoms with van der Waals surface area (Å²) in [6.45, 7) is 3.37. The topological polar surface area (TPSA) is 58.1 Å². The van der Waals surface area contributed by atoms with Crippen LogP contribution in [0.25, 0.3) is 11.1 Å². The number of nitrogens with one attached hydrogen (secondary N) is 1. The molecule has 1 atom stereocenters. The van der Waals surface area contributed by atoms with Crippen LogP contribution in [0.4, 0.5) is 16.0 Å². The summed E-state index contributed by atoms with van der Waals surface area (Å²) in [5, 5.41) is 3.02. The Hall–Kier alpha value is -2.80. The third kappa shape index (κ3) is 4.67. The van der Waals surface area contributed by atoms with Gasteiger partial charge in [0, 0.05) is 41.2 Å². The maximum absolute atomic E-state index is 13.5. The summed E-state index contributed by atoms with van der Waals surface area (Å²) in [6, 6.07) is 12.1. The highest BCUT2D eigenvalue weighted by Gasteiger charge is 2.27. The molecular formula is C23H22BrFN4O. The van der Waals surface area contributed by atoms with Gasteiger partial charge in [-0.3, -0.25) is 4.79 Å². The second kappa shape index (κ2) is 8.92. The molecule has 4 rings (SSSR count). The fourth-order valence-electron chi connectivity index (χ4n) is 3.64. The lowest BCUT2D eigenvalue weighted by molar-refractivity contribution is -0.120. The molecule has 7 heteroatoms. The van der Waals surface area contributed by atoms with Crippen molar-refractivity contribution < 1.29 is 9.18 Å². The summed E-state index contributed by atoms with van der Waals surface area (Å²) in [6.07, 6.45) is 5.13. The Kier molecular flexibility index (Phi) is 6.08. The van der Waals surface area contributed by atoms with Crippen LogP contribution >= 0.6 is 15.9 Å². The Morgan fingerprint density at radius 2 is 1.97 bits per heavy atom. The summed E-state index contributed by atoms with van der Waals surface area (Å²) in [7, 11) is 0. The molecule has 5 nitrogen and oxygen atoms in total. The molecule has 0 saturated carbocycles. The summed E-state index contributed by atoms with van der Waals surface area (Å²) < 4.78 is 14.5. The molecule has 0 unspecified atom stereocenters. The zero-order chi connectivity index (χ0) is 21.1. The molecular weight excluding hydrogens is 447 g/mol. The smallest absolute Gasteiger partial charge is 0.229 e. The minimum absolute atomic E-state index is 0.0119. The van der Waals surface area contributed by atoms with E-state index in [-0.39, 0.29) is 17.6 Å². The molecule has 1 aliphatic rings. The molecule has 2 aromatic carbocycles. The highest BCUT2D eigenvalue weighted by atomic mass is 79.9. The molecule has 0 spiro atoms. The zero-order valence-corrected chi connectivity index (χ0v) is 18.2. The number of piperidine rings is 1. The molecule has 30 heavy (non-hydrogen) atoms. The van der Waals surface area contributed by atoms with Crippen molar-refractivity contribution in [2.24, 2.45) is 5.92 Å². The van der Waals surface area contributed by atoms with E-state index in [2.05, 4.69) is 31.2 Å². The fourth-order valence-corrected chi connectivity index (χ4v) is 3.89. The van der Waals surface area contributed by atoms with E-state index in [1.807, 2.05) is 36.1 Å². The SMILES string of the molecule is Cc1cc(NC(=O)[C@H]2CCCN(c3ncc(-c4cccc(F)c4)cn3)C2)ccc1Br. The Morgan fingerprint density at radius 1 is 1.17 bits per heavy atom. The molecule has 0 radical (unpaired) electrons. The van der Waals surface area contributed by atoms with E-state index >= 15 is 0 Å². The maximum atomic E-state index is 13.5. The van der Waals surface area contributed by atoms with Crippen LogP contribution in [0.2, 0.25) is 0 Å². The van der Waals surface area contributed by atoms with Gasteiger partial charge in [0.05, 0.1) is 5.92 Å². The van der Waals surface area contributed by atoms with Crippen LogP contribution in [0.1, 0.15) is 18.4 Å². The molecule has 1 aliphatic heterocycles. The lowest BCUT2D eigenvalue weighted by Crippen LogP contribution is -2.41. The van der Waals surface area contributed by atoms with Gasteiger partial charge in [-0.05, 0) is 61.2 Å². The molecule has 1 N–H and O–H groups in total. The largest absolute Gasteiger partial charge is 0.340 e. The van der Waals surface area contributed by atoms with Crippen molar-refractivity contribution in [3.63, 3.8) is 0 Å². The zero-order valence-electron chi connectivity index (χ0n) is 16.6. The van der Waals surface area contributed by atoms with Gasteiger partial charge in [0.2, 0.25) is 11.9 Å². The fraction of sp³-hybridized carbons (Fsp3) is 0.261. The summed E-state index contributed by atoms with van der Waals surface area (Å²) in [5.74, 6) is 0.182. The summed E-state index contributed by atoms with van der Waals surface area (Å²) in [4.78, 5) is 23.7. The highest BCUT2D eigenvalue weighted by molar-refractivity contribution is 9.10. The van der Waals surface area contributed by atoms with Crippen LogP contribution in [0.3, 0.4) is 0 Å². The van der Waals surface area contributed by atoms with Crippen molar-refractivity contribution in [1.82, 2.24) is 9.97 Å². The highest BCUT2D eigenvalue weighted by Crippen LogP contribution is 2.25. The number of carbonyl (C=O) groups is 1. The number of hydrogen-bond acceptors (Lipinski definition) is 4. The molecule has 2 heterocycles. The van der Waals surface area contributed by atoms with E-state index in [1.165, 1.54) is 12.1 Å². The first-order chi connectivity index (χ1) is 14.5. The number of amides is 1. The lowest BCUT2D eigenvalue weighted by Gasteiger charge is -2.32. The van der Waals surface area contributed by atoms with Crippen molar-refractivity contribution in [1.29, 1.82) is 0 Å². The Labute approximate surface area is 183 Å². The number of aromatic nitrogens is 2. The third-order valence-electron chi connectivity index (χ3n) is 5.30. The van der Waals surface area contributed by atoms with Gasteiger partial charge in [0.25, 0.3) is 0 Å². The van der Waals surface area contributed by atoms with Gasteiger partial charge in [-0.1, -0.05) is 28.1 Å². The van der Waals surface area contributed by atoms with Crippen LogP contribution in [-0.4, -0.2) is 29.0 Å². The second-order valence-corrected chi connectivity index (χ2v) is 8.37. The predicted octanol–water partition coefficient (Wildman–Crippen LogP) is 5.21. The average molecular weight is 469 g/mol. The molecule has 1 amide bonds. The van der Waals surface area contributed by atoms with Crippen LogP contribution in [0.5, 0.6) is 0 Å². The van der Waals surface area contributed by atoms with Crippen LogP contribution in [-0.2, 0) is 4.79 Å². The van der Waals surface area contributed by atoms with Crippen molar-refractivity contribution in [2.45, 2.75) is 19.8 Å². The van der Waals surface area contributed by atoms with Gasteiger partial charge < -0.3 is 10.2 Å². The van der Waals surface area contributed by atoms with Gasteiger partial charge in [-0.25, -0.2) is 14.4 Å². The van der Waals surface area contributed by atoms with Crippen LogP contribution in [0.15, 0.2) is 59.3 Å². The van der Waals surface area contributed by atoms with Gasteiger partial charge in [0.1, 0.15) is 5.82 Å². The summed E-state index contributed by atoms with van der Waals surface area (Å²) >= 11 is 3.48. The normalized spacial score (nSPS) is 16.4. The average Bonchev–Trinajstić information content (AvgIpc) is 2.76. The van der Waals surface area contributed by atoms with E-state index in [9.17, 15) is 9.18 Å². The molecule has 154 valence electrons. The van der Waals surface area contributed by atoms with E-state index in [0.29, 0.717) is 12.5 Å². The second-order valence-electron chi connectivity index (χ2n) is 7.52. The number of carbonyl (C=O) groups excluding carboxylic acids is 1.